The second-order valence-electron chi connectivity index (χ2n) is 8.21. The maximum absolute atomic E-state index is 14.2. The van der Waals surface area contributed by atoms with Gasteiger partial charge in [-0.25, -0.2) is 13.6 Å². The largest absolute Gasteiger partial charge is 0.372 e. The molecule has 2 N–H and O–H groups in total. The van der Waals surface area contributed by atoms with Gasteiger partial charge in [0.2, 0.25) is 5.91 Å². The van der Waals surface area contributed by atoms with E-state index in [4.69, 9.17) is 0 Å². The second-order valence-corrected chi connectivity index (χ2v) is 8.21. The Morgan fingerprint density at radius 2 is 1.75 bits per heavy atom. The number of amides is 4. The lowest BCUT2D eigenvalue weighted by Crippen LogP contribution is -2.42. The molecule has 2 aliphatic heterocycles. The molecule has 9 heteroatoms. The van der Waals surface area contributed by atoms with E-state index in [1.54, 1.807) is 12.1 Å². The van der Waals surface area contributed by atoms with Crippen LogP contribution in [0.15, 0.2) is 42.5 Å². The third kappa shape index (κ3) is 4.15. The van der Waals surface area contributed by atoms with E-state index in [0.717, 1.165) is 49.8 Å². The number of nitrogens with zero attached hydrogens (tertiary/aromatic N) is 2. The van der Waals surface area contributed by atoms with E-state index in [-0.39, 0.29) is 5.56 Å². The Morgan fingerprint density at radius 3 is 2.44 bits per heavy atom. The number of hydrogen-bond donors (Lipinski definition) is 2. The molecule has 0 spiro atoms. The summed E-state index contributed by atoms with van der Waals surface area (Å²) in [5, 5.41) is 5.04. The van der Waals surface area contributed by atoms with E-state index >= 15 is 0 Å². The molecule has 168 valence electrons. The third-order valence-electron chi connectivity index (χ3n) is 5.92. The summed E-state index contributed by atoms with van der Waals surface area (Å²) in [6.45, 7) is 2.73. The van der Waals surface area contributed by atoms with Crippen molar-refractivity contribution in [3.63, 3.8) is 0 Å². The van der Waals surface area contributed by atoms with Crippen LogP contribution in [0.4, 0.5) is 25.0 Å². The lowest BCUT2D eigenvalue weighted by Gasteiger charge is -2.28. The average molecular weight is 442 g/mol. The molecular weight excluding hydrogens is 418 g/mol. The van der Waals surface area contributed by atoms with Crippen LogP contribution >= 0.6 is 0 Å². The van der Waals surface area contributed by atoms with E-state index < -0.39 is 41.6 Å². The van der Waals surface area contributed by atoms with Gasteiger partial charge < -0.3 is 15.5 Å². The number of hydrogen-bond acceptors (Lipinski definition) is 4. The highest BCUT2D eigenvalue weighted by Gasteiger charge is 2.50. The molecule has 32 heavy (non-hydrogen) atoms. The Hall–Kier alpha value is -3.49. The van der Waals surface area contributed by atoms with Gasteiger partial charge in [0.05, 0.1) is 0 Å². The Morgan fingerprint density at radius 1 is 1.06 bits per heavy atom. The lowest BCUT2D eigenvalue weighted by molar-refractivity contribution is -0.133. The normalized spacial score (nSPS) is 21.0. The van der Waals surface area contributed by atoms with Crippen molar-refractivity contribution in [1.29, 1.82) is 0 Å². The minimum atomic E-state index is -1.81. The highest BCUT2D eigenvalue weighted by Crippen LogP contribution is 2.31. The van der Waals surface area contributed by atoms with Gasteiger partial charge in [0.25, 0.3) is 5.91 Å². The number of imide groups is 1. The van der Waals surface area contributed by atoms with E-state index in [2.05, 4.69) is 15.5 Å². The molecule has 4 rings (SSSR count). The number of carbonyl (C=O) groups excluding carboxylic acids is 3. The van der Waals surface area contributed by atoms with Crippen molar-refractivity contribution >= 4 is 29.2 Å². The molecule has 2 saturated heterocycles. The molecule has 7 nitrogen and oxygen atoms in total. The van der Waals surface area contributed by atoms with Gasteiger partial charge in [-0.15, -0.1) is 0 Å². The van der Waals surface area contributed by atoms with Crippen molar-refractivity contribution < 1.29 is 23.2 Å². The predicted molar refractivity (Wildman–Crippen MR) is 115 cm³/mol. The molecule has 2 aliphatic rings. The number of urea groups is 1. The highest BCUT2D eigenvalue weighted by atomic mass is 19.1. The van der Waals surface area contributed by atoms with Crippen molar-refractivity contribution in [2.24, 2.45) is 0 Å². The molecule has 0 radical (unpaired) electrons. The monoisotopic (exact) mass is 442 g/mol. The van der Waals surface area contributed by atoms with Crippen molar-refractivity contribution in [3.05, 3.63) is 59.7 Å². The number of anilines is 2. The Balaban J connectivity index is 1.42. The van der Waals surface area contributed by atoms with Gasteiger partial charge in [0.1, 0.15) is 23.7 Å². The molecule has 0 bridgehead atoms. The zero-order valence-electron chi connectivity index (χ0n) is 17.7. The van der Waals surface area contributed by atoms with E-state index in [9.17, 15) is 23.2 Å². The summed E-state index contributed by atoms with van der Waals surface area (Å²) >= 11 is 0. The molecule has 0 aliphatic carbocycles. The fourth-order valence-electron chi connectivity index (χ4n) is 4.16. The first-order valence-electron chi connectivity index (χ1n) is 10.5. The van der Waals surface area contributed by atoms with Crippen LogP contribution in [0.3, 0.4) is 0 Å². The van der Waals surface area contributed by atoms with Crippen molar-refractivity contribution in [3.8, 4) is 0 Å². The summed E-state index contributed by atoms with van der Waals surface area (Å²) in [6.07, 6.45) is 3.55. The summed E-state index contributed by atoms with van der Waals surface area (Å²) in [5.41, 5.74) is -0.502. The second kappa shape index (κ2) is 8.57. The fraction of sp³-hybridized carbons (Fsp3) is 0.348. The highest BCUT2D eigenvalue weighted by molar-refractivity contribution is 6.10. The summed E-state index contributed by atoms with van der Waals surface area (Å²) < 4.78 is 27.9. The molecule has 4 amide bonds. The van der Waals surface area contributed by atoms with Crippen molar-refractivity contribution in [2.75, 3.05) is 29.9 Å². The topological polar surface area (TPSA) is 81.8 Å². The van der Waals surface area contributed by atoms with Crippen LogP contribution in [0.25, 0.3) is 0 Å². The number of carbonyl (C=O) groups is 3. The van der Waals surface area contributed by atoms with Crippen molar-refractivity contribution in [2.45, 2.75) is 31.7 Å². The zero-order valence-corrected chi connectivity index (χ0v) is 17.7. The van der Waals surface area contributed by atoms with E-state index in [1.807, 2.05) is 12.1 Å². The summed E-state index contributed by atoms with van der Waals surface area (Å²) in [4.78, 5) is 40.7. The minimum absolute atomic E-state index is 0.299. The molecule has 2 heterocycles. The third-order valence-corrected chi connectivity index (χ3v) is 5.92. The first kappa shape index (κ1) is 21.7. The predicted octanol–water partition coefficient (Wildman–Crippen LogP) is 3.36. The van der Waals surface area contributed by atoms with Crippen molar-refractivity contribution in [1.82, 2.24) is 10.2 Å². The number of piperidine rings is 1. The van der Waals surface area contributed by atoms with Crippen LogP contribution in [0, 0.1) is 11.6 Å². The number of benzene rings is 2. The van der Waals surface area contributed by atoms with Gasteiger partial charge >= 0.3 is 6.03 Å². The Kier molecular flexibility index (Phi) is 5.82. The number of nitrogens with one attached hydrogen (secondary N) is 2. The SMILES string of the molecule is CC1(c2cc(F)ccc2F)NC(=O)N(CC(=O)Nc2ccc(N3CCCCC3)cc2)C1=O. The maximum Gasteiger partial charge on any atom is 0.325 e. The van der Waals surface area contributed by atoms with Crippen LogP contribution < -0.4 is 15.5 Å². The molecule has 1 atom stereocenters. The first-order chi connectivity index (χ1) is 15.3. The van der Waals surface area contributed by atoms with Crippen LogP contribution in [-0.4, -0.2) is 42.4 Å². The maximum atomic E-state index is 14.2. The fourth-order valence-corrected chi connectivity index (χ4v) is 4.16. The average Bonchev–Trinajstić information content (AvgIpc) is 3.00. The molecule has 2 aromatic rings. The van der Waals surface area contributed by atoms with E-state index in [0.29, 0.717) is 10.6 Å². The van der Waals surface area contributed by atoms with Crippen LogP contribution in [0.1, 0.15) is 31.7 Å². The van der Waals surface area contributed by atoms with Gasteiger partial charge in [-0.3, -0.25) is 14.5 Å². The Bertz CT molecular complexity index is 1050. The first-order valence-corrected chi connectivity index (χ1v) is 10.5. The molecule has 0 aromatic heterocycles. The molecule has 0 saturated carbocycles. The van der Waals surface area contributed by atoms with Gasteiger partial charge in [-0.05, 0) is 68.7 Å². The Labute approximate surface area is 184 Å². The lowest BCUT2D eigenvalue weighted by atomic mass is 9.91. The molecular formula is C23H24F2N4O3. The van der Waals surface area contributed by atoms with Crippen LogP contribution in [0.5, 0.6) is 0 Å². The van der Waals surface area contributed by atoms with Gasteiger partial charge in [-0.2, -0.15) is 0 Å². The summed E-state index contributed by atoms with van der Waals surface area (Å²) in [7, 11) is 0. The molecule has 2 fully saturated rings. The zero-order chi connectivity index (χ0) is 22.9. The number of halogens is 2. The minimum Gasteiger partial charge on any atom is -0.372 e. The van der Waals surface area contributed by atoms with Gasteiger partial charge in [-0.1, -0.05) is 0 Å². The summed E-state index contributed by atoms with van der Waals surface area (Å²) in [5.74, 6) is -2.98. The van der Waals surface area contributed by atoms with Crippen LogP contribution in [0.2, 0.25) is 0 Å². The summed E-state index contributed by atoms with van der Waals surface area (Å²) in [6, 6.07) is 9.18. The standard InChI is InChI=1S/C23H24F2N4O3/c1-23(18-13-15(24)5-10-19(18)25)21(31)29(22(32)27-23)14-20(30)26-16-6-8-17(9-7-16)28-11-3-2-4-12-28/h5-10,13H,2-4,11-12,14H2,1H3,(H,26,30)(H,27,32). The number of rotatable bonds is 5. The van der Waals surface area contributed by atoms with Crippen LogP contribution in [-0.2, 0) is 15.1 Å². The molecule has 2 aromatic carbocycles. The van der Waals surface area contributed by atoms with E-state index in [1.165, 1.54) is 13.3 Å². The molecule has 1 unspecified atom stereocenters. The van der Waals surface area contributed by atoms with Gasteiger partial charge in [0, 0.05) is 30.0 Å². The smallest absolute Gasteiger partial charge is 0.325 e. The van der Waals surface area contributed by atoms with Gasteiger partial charge in [0.15, 0.2) is 0 Å². The quantitative estimate of drug-likeness (QED) is 0.696.